The van der Waals surface area contributed by atoms with Crippen LogP contribution in [0.25, 0.3) is 20.9 Å². The lowest BCUT2D eigenvalue weighted by Gasteiger charge is -2.30. The Kier molecular flexibility index (Phi) is 17.8. The molecule has 2 aromatic carbocycles. The fourth-order valence-electron chi connectivity index (χ4n) is 5.56. The molecular formula is C40H49BrN4O8S2. The number of hydrogen-bond donors (Lipinski definition) is 2. The fourth-order valence-corrected chi connectivity index (χ4v) is 8.36. The van der Waals surface area contributed by atoms with E-state index >= 15 is 0 Å². The lowest BCUT2D eigenvalue weighted by molar-refractivity contribution is -0.137. The smallest absolute Gasteiger partial charge is 0.350 e. The monoisotopic (exact) mass is 856 g/mol. The van der Waals surface area contributed by atoms with Crippen LogP contribution in [0.1, 0.15) is 46.0 Å². The van der Waals surface area contributed by atoms with E-state index in [0.717, 1.165) is 25.4 Å². The van der Waals surface area contributed by atoms with Crippen LogP contribution in [0.4, 0.5) is 5.69 Å². The number of morpholine rings is 2. The second-order valence-corrected chi connectivity index (χ2v) is 15.3. The van der Waals surface area contributed by atoms with Gasteiger partial charge in [-0.25, -0.2) is 9.59 Å². The summed E-state index contributed by atoms with van der Waals surface area (Å²) in [6, 6.07) is 22.9. The van der Waals surface area contributed by atoms with Gasteiger partial charge in [-0.05, 0) is 52.0 Å². The lowest BCUT2D eigenvalue weighted by atomic mass is 10.1. The van der Waals surface area contributed by atoms with Gasteiger partial charge in [0.1, 0.15) is 15.8 Å². The highest BCUT2D eigenvalue weighted by atomic mass is 79.9. The number of nitrogens with two attached hydrogens (primary N) is 1. The summed E-state index contributed by atoms with van der Waals surface area (Å²) in [5.74, 6) is -0.623. The molecule has 2 aromatic heterocycles. The average Bonchev–Trinajstić information content (AvgIpc) is 3.86. The summed E-state index contributed by atoms with van der Waals surface area (Å²) in [7, 11) is 2.75. The highest BCUT2D eigenvalue weighted by Crippen LogP contribution is 2.36. The third-order valence-electron chi connectivity index (χ3n) is 8.72. The summed E-state index contributed by atoms with van der Waals surface area (Å²) in [6.45, 7) is 8.85. The number of carbonyl (C=O) groups is 4. The molecule has 15 heteroatoms. The van der Waals surface area contributed by atoms with E-state index in [1.165, 1.54) is 36.9 Å². The maximum atomic E-state index is 12.9. The van der Waals surface area contributed by atoms with E-state index in [1.54, 1.807) is 4.90 Å². The standard InChI is InChI=1S/C20H24N2O4S.C12H9BrO2S.C8H16N2O2/c1-3-15(19(23)22-9-11-26-12-10-22)21-16-13-17(14-7-5-4-6-8-14)27-18(16)20(24)25-2;1-15-12(14)11-9(13)7-10(16-11)8-5-3-2-4-6-8;1-2-7(9)8(11)10-3-5-12-6-4-10/h4-8,13,15,21H,3,9-12H2,1-2H3;2-7H,1H3;7H,2-6,9H2,1H3/t15-;;7-/m0.0/s1. The Bertz CT molecular complexity index is 1830. The number of rotatable bonds is 10. The zero-order valence-electron chi connectivity index (χ0n) is 31.6. The van der Waals surface area contributed by atoms with Gasteiger partial charge in [0.05, 0.1) is 52.4 Å². The number of hydrogen-bond acceptors (Lipinski definition) is 12. The van der Waals surface area contributed by atoms with Gasteiger partial charge in [0.15, 0.2) is 0 Å². The van der Waals surface area contributed by atoms with Crippen LogP contribution in [0.15, 0.2) is 77.3 Å². The van der Waals surface area contributed by atoms with Crippen molar-refractivity contribution in [1.82, 2.24) is 9.80 Å². The number of methoxy groups -OCH3 is 2. The highest BCUT2D eigenvalue weighted by Gasteiger charge is 2.27. The lowest BCUT2D eigenvalue weighted by Crippen LogP contribution is -2.48. The van der Waals surface area contributed by atoms with Crippen molar-refractivity contribution in [3.8, 4) is 20.9 Å². The summed E-state index contributed by atoms with van der Waals surface area (Å²) < 4.78 is 20.9. The molecule has 0 bridgehead atoms. The number of nitrogens with zero attached hydrogens (tertiary/aromatic N) is 2. The quantitative estimate of drug-likeness (QED) is 0.163. The maximum absolute atomic E-state index is 12.9. The van der Waals surface area contributed by atoms with E-state index in [4.69, 9.17) is 24.7 Å². The minimum absolute atomic E-state index is 0.0316. The summed E-state index contributed by atoms with van der Waals surface area (Å²) in [5.41, 5.74) is 8.38. The summed E-state index contributed by atoms with van der Waals surface area (Å²) >= 11 is 6.15. The van der Waals surface area contributed by atoms with Crippen LogP contribution in [-0.2, 0) is 28.5 Å². The van der Waals surface area contributed by atoms with Crippen LogP contribution >= 0.6 is 38.6 Å². The van der Waals surface area contributed by atoms with E-state index in [-0.39, 0.29) is 23.8 Å². The molecular weight excluding hydrogens is 808 g/mol. The molecule has 2 atom stereocenters. The molecule has 296 valence electrons. The Morgan fingerprint density at radius 3 is 1.65 bits per heavy atom. The molecule has 2 amide bonds. The van der Waals surface area contributed by atoms with Crippen molar-refractivity contribution in [3.63, 3.8) is 0 Å². The van der Waals surface area contributed by atoms with Crippen molar-refractivity contribution in [2.75, 3.05) is 72.1 Å². The second-order valence-electron chi connectivity index (χ2n) is 12.4. The number of ether oxygens (including phenoxy) is 4. The fraction of sp³-hybridized carbons (Fsp3) is 0.400. The Balaban J connectivity index is 0.000000203. The van der Waals surface area contributed by atoms with Crippen LogP contribution in [0.5, 0.6) is 0 Å². The van der Waals surface area contributed by atoms with Crippen molar-refractivity contribution >= 4 is 68.0 Å². The van der Waals surface area contributed by atoms with Crippen molar-refractivity contribution in [2.24, 2.45) is 5.73 Å². The molecule has 4 heterocycles. The number of nitrogens with one attached hydrogen (secondary N) is 1. The van der Waals surface area contributed by atoms with Crippen molar-refractivity contribution < 1.29 is 38.1 Å². The van der Waals surface area contributed by atoms with Crippen molar-refractivity contribution in [2.45, 2.75) is 38.8 Å². The predicted octanol–water partition coefficient (Wildman–Crippen LogP) is 6.80. The maximum Gasteiger partial charge on any atom is 0.350 e. The molecule has 12 nitrogen and oxygen atoms in total. The number of amides is 2. The molecule has 3 N–H and O–H groups in total. The zero-order chi connectivity index (χ0) is 39.7. The summed E-state index contributed by atoms with van der Waals surface area (Å²) in [4.78, 5) is 54.7. The molecule has 55 heavy (non-hydrogen) atoms. The molecule has 0 aliphatic carbocycles. The van der Waals surface area contributed by atoms with Gasteiger partial charge in [0.25, 0.3) is 0 Å². The SMILES string of the molecule is CC[C@H](N)C(=O)N1CCOCC1.CC[C@H](Nc1cc(-c2ccccc2)sc1C(=O)OC)C(=O)N1CCOCC1.COC(=O)c1sc(-c2ccccc2)cc1Br. The highest BCUT2D eigenvalue weighted by molar-refractivity contribution is 9.10. The Labute approximate surface area is 339 Å². The molecule has 0 unspecified atom stereocenters. The molecule has 2 aliphatic rings. The van der Waals surface area contributed by atoms with Gasteiger partial charge in [-0.15, -0.1) is 22.7 Å². The minimum atomic E-state index is -0.404. The van der Waals surface area contributed by atoms with Crippen LogP contribution in [0.3, 0.4) is 0 Å². The first-order valence-corrected chi connectivity index (χ1v) is 20.5. The second kappa shape index (κ2) is 22.4. The number of esters is 2. The number of carbonyl (C=O) groups excluding carboxylic acids is 4. The number of thiophene rings is 2. The minimum Gasteiger partial charge on any atom is -0.465 e. The van der Waals surface area contributed by atoms with Crippen molar-refractivity contribution in [3.05, 3.63) is 87.0 Å². The van der Waals surface area contributed by atoms with Gasteiger partial charge in [0, 0.05) is 40.4 Å². The van der Waals surface area contributed by atoms with Crippen LogP contribution in [0, 0.1) is 0 Å². The number of anilines is 1. The normalized spacial score (nSPS) is 14.9. The first-order chi connectivity index (χ1) is 26.6. The van der Waals surface area contributed by atoms with E-state index < -0.39 is 12.0 Å². The predicted molar refractivity (Wildman–Crippen MR) is 221 cm³/mol. The average molecular weight is 858 g/mol. The Hall–Kier alpha value is -4.12. The van der Waals surface area contributed by atoms with Gasteiger partial charge in [-0.1, -0.05) is 74.5 Å². The summed E-state index contributed by atoms with van der Waals surface area (Å²) in [6.07, 6.45) is 1.32. The van der Waals surface area contributed by atoms with Gasteiger partial charge >= 0.3 is 11.9 Å². The van der Waals surface area contributed by atoms with Crippen molar-refractivity contribution in [1.29, 1.82) is 0 Å². The molecule has 0 spiro atoms. The molecule has 2 fully saturated rings. The van der Waals surface area contributed by atoms with Crippen LogP contribution in [0.2, 0.25) is 0 Å². The molecule has 2 aliphatic heterocycles. The van der Waals surface area contributed by atoms with Crippen LogP contribution in [-0.4, -0.2) is 112 Å². The molecule has 0 radical (unpaired) electrons. The van der Waals surface area contributed by atoms with E-state index in [9.17, 15) is 19.2 Å². The van der Waals surface area contributed by atoms with E-state index in [0.29, 0.717) is 80.9 Å². The zero-order valence-corrected chi connectivity index (χ0v) is 34.8. The topological polar surface area (TPSA) is 150 Å². The number of benzene rings is 2. The summed E-state index contributed by atoms with van der Waals surface area (Å²) in [5, 5.41) is 3.28. The van der Waals surface area contributed by atoms with E-state index in [1.807, 2.05) is 91.5 Å². The third-order valence-corrected chi connectivity index (χ3v) is 11.9. The van der Waals surface area contributed by atoms with Crippen LogP contribution < -0.4 is 11.1 Å². The van der Waals surface area contributed by atoms with Gasteiger partial charge in [-0.3, -0.25) is 9.59 Å². The number of halogens is 1. The largest absolute Gasteiger partial charge is 0.465 e. The van der Waals surface area contributed by atoms with Gasteiger partial charge < -0.3 is 39.8 Å². The molecule has 0 saturated carbocycles. The van der Waals surface area contributed by atoms with Gasteiger partial charge in [0.2, 0.25) is 11.8 Å². The first-order valence-electron chi connectivity index (χ1n) is 18.1. The van der Waals surface area contributed by atoms with E-state index in [2.05, 4.69) is 21.2 Å². The van der Waals surface area contributed by atoms with Gasteiger partial charge in [-0.2, -0.15) is 0 Å². The molecule has 2 saturated heterocycles. The first kappa shape index (κ1) is 43.6. The molecule has 4 aromatic rings. The third kappa shape index (κ3) is 12.4. The Morgan fingerprint density at radius 2 is 1.18 bits per heavy atom. The Morgan fingerprint density at radius 1 is 0.727 bits per heavy atom. The molecule has 6 rings (SSSR count).